The Morgan fingerprint density at radius 3 is 1.65 bits per heavy atom. The predicted molar refractivity (Wildman–Crippen MR) is 369 cm³/mol. The van der Waals surface area contributed by atoms with E-state index >= 15 is 0 Å². The monoisotopic (exact) mass is 1140 g/mol. The average molecular weight is 1140 g/mol. The second-order valence-corrected chi connectivity index (χ2v) is 31.2. The van der Waals surface area contributed by atoms with Gasteiger partial charge in [0.25, 0.3) is 6.71 Å². The third-order valence-electron chi connectivity index (χ3n) is 22.6. The smallest absolute Gasteiger partial charge is 0.252 e. The first-order valence-corrected chi connectivity index (χ1v) is 33.3. The van der Waals surface area contributed by atoms with E-state index in [1.807, 2.05) is 22.7 Å². The van der Waals surface area contributed by atoms with Crippen LogP contribution in [0.15, 0.2) is 176 Å². The van der Waals surface area contributed by atoms with Gasteiger partial charge >= 0.3 is 0 Å². The highest BCUT2D eigenvalue weighted by molar-refractivity contribution is 7.26. The molecule has 4 atom stereocenters. The van der Waals surface area contributed by atoms with Crippen molar-refractivity contribution in [3.8, 4) is 0 Å². The first-order chi connectivity index (χ1) is 40.9. The zero-order valence-electron chi connectivity index (χ0n) is 51.1. The Bertz CT molecular complexity index is 4670. The lowest BCUT2D eigenvalue weighted by Gasteiger charge is -2.51. The molecule has 11 aromatic rings. The third kappa shape index (κ3) is 6.92. The molecule has 0 spiro atoms. The number of para-hydroxylation sites is 1. The van der Waals surface area contributed by atoms with Gasteiger partial charge in [0.05, 0.1) is 27.2 Å². The number of benzene rings is 9. The van der Waals surface area contributed by atoms with Crippen LogP contribution in [-0.2, 0) is 21.7 Å². The maximum absolute atomic E-state index is 2.84. The Morgan fingerprint density at radius 1 is 0.388 bits per heavy atom. The van der Waals surface area contributed by atoms with Crippen molar-refractivity contribution < 1.29 is 0 Å². The van der Waals surface area contributed by atoms with Crippen LogP contribution in [0.2, 0.25) is 0 Å². The van der Waals surface area contributed by atoms with E-state index in [1.54, 1.807) is 0 Å². The SMILES string of the molecule is CC(C)(C)c1ccc2c(c1)B1c3ccc(N4c5ccc(C(C)(C)C)cc5C5(C)CCCCC45C)cc3N(c3cccc4c3sc3ccccc34)c3cc(N4c5ccccc5C5(C)CCCCC45C)cc(c31)N2c1cccc2sc3ccccc3c12. The van der Waals surface area contributed by atoms with Crippen LogP contribution in [0.1, 0.15) is 143 Å². The molecule has 0 radical (unpaired) electrons. The zero-order chi connectivity index (χ0) is 57.9. The van der Waals surface area contributed by atoms with E-state index in [9.17, 15) is 0 Å². The van der Waals surface area contributed by atoms with E-state index in [0.29, 0.717) is 0 Å². The first kappa shape index (κ1) is 52.0. The van der Waals surface area contributed by atoms with Crippen molar-refractivity contribution >= 4 is 143 Å². The summed E-state index contributed by atoms with van der Waals surface area (Å²) in [5.74, 6) is 0. The van der Waals surface area contributed by atoms with Crippen molar-refractivity contribution in [1.82, 2.24) is 0 Å². The highest BCUT2D eigenvalue weighted by atomic mass is 32.1. The van der Waals surface area contributed by atoms with Gasteiger partial charge in [-0.2, -0.15) is 0 Å². The molecule has 2 aliphatic carbocycles. The molecule has 0 amide bonds. The Labute approximate surface area is 510 Å². The molecule has 0 N–H and O–H groups in total. The van der Waals surface area contributed by atoms with E-state index in [0.717, 1.165) is 12.8 Å². The lowest BCUT2D eigenvalue weighted by atomic mass is 9.33. The van der Waals surface area contributed by atoms with Gasteiger partial charge in [-0.3, -0.25) is 0 Å². The topological polar surface area (TPSA) is 13.0 Å². The molecule has 4 nitrogen and oxygen atoms in total. The fourth-order valence-electron chi connectivity index (χ4n) is 17.8. The van der Waals surface area contributed by atoms with Gasteiger partial charge in [-0.25, -0.2) is 0 Å². The molecule has 0 saturated heterocycles. The van der Waals surface area contributed by atoms with E-state index in [2.05, 4.69) is 265 Å². The van der Waals surface area contributed by atoms with E-state index in [-0.39, 0.29) is 39.5 Å². The van der Waals surface area contributed by atoms with Gasteiger partial charge in [-0.15, -0.1) is 22.7 Å². The molecule has 4 aliphatic heterocycles. The lowest BCUT2D eigenvalue weighted by molar-refractivity contribution is 0.195. The second kappa shape index (κ2) is 17.7. The summed E-state index contributed by atoms with van der Waals surface area (Å²) in [5.41, 5.74) is 22.3. The fraction of sp³-hybridized carbons (Fsp3) is 0.308. The summed E-state index contributed by atoms with van der Waals surface area (Å²) in [5, 5.41) is 5.27. The Hall–Kier alpha value is -7.32. The van der Waals surface area contributed by atoms with Crippen LogP contribution in [0.5, 0.6) is 0 Å². The molecular weight excluding hydrogens is 1070 g/mol. The third-order valence-corrected chi connectivity index (χ3v) is 25.0. The molecule has 0 bridgehead atoms. The summed E-state index contributed by atoms with van der Waals surface area (Å²) in [7, 11) is 0. The van der Waals surface area contributed by atoms with Crippen molar-refractivity contribution in [1.29, 1.82) is 0 Å². The standard InChI is InChI=1S/C78H75BN4S2/c1-73(2,3)48-33-37-60-56(43-48)76(8)40-18-20-42-78(76,10)82(60)50-35-36-57-64(45-50)81(63-29-21-25-53-52-23-11-15-30-67(52)85-72(53)63)66-47-51(83-59-27-14-13-26-55(59)75(7)39-17-19-41-77(75,83)9)46-65-71(66)79(57)58-44-49(74(4,5)6)34-38-61(58)80(65)62-28-22-32-69-70(62)54-24-12-16-31-68(54)84-69/h11-16,21-38,43-47H,17-20,39-42H2,1-10H3. The van der Waals surface area contributed by atoms with Gasteiger partial charge < -0.3 is 19.6 Å². The molecule has 9 aromatic carbocycles. The average Bonchev–Trinajstić information content (AvgIpc) is 1.70. The molecule has 17 rings (SSSR count). The van der Waals surface area contributed by atoms with Crippen molar-refractivity contribution in [3.05, 3.63) is 198 Å². The van der Waals surface area contributed by atoms with Crippen LogP contribution in [0.25, 0.3) is 40.3 Å². The van der Waals surface area contributed by atoms with E-state index in [4.69, 9.17) is 0 Å². The molecule has 422 valence electrons. The van der Waals surface area contributed by atoms with Gasteiger partial charge in [0, 0.05) is 92.0 Å². The van der Waals surface area contributed by atoms with Crippen LogP contribution >= 0.6 is 22.7 Å². The van der Waals surface area contributed by atoms with Gasteiger partial charge in [0.2, 0.25) is 0 Å². The number of anilines is 10. The van der Waals surface area contributed by atoms with Crippen molar-refractivity contribution in [2.75, 3.05) is 19.6 Å². The summed E-state index contributed by atoms with van der Waals surface area (Å²) in [6.45, 7) is 24.6. The first-order valence-electron chi connectivity index (χ1n) is 31.6. The summed E-state index contributed by atoms with van der Waals surface area (Å²) in [4.78, 5) is 11.2. The molecule has 2 aromatic heterocycles. The molecule has 4 unspecified atom stereocenters. The van der Waals surface area contributed by atoms with E-state index in [1.165, 1.54) is 174 Å². The minimum Gasteiger partial charge on any atom is -0.334 e. The quantitative estimate of drug-likeness (QED) is 0.163. The van der Waals surface area contributed by atoms with Crippen molar-refractivity contribution in [2.45, 2.75) is 153 Å². The molecule has 2 saturated carbocycles. The molecule has 85 heavy (non-hydrogen) atoms. The maximum atomic E-state index is 2.84. The molecule has 6 heterocycles. The number of fused-ring (bicyclic) bond motifs is 16. The highest BCUT2D eigenvalue weighted by Gasteiger charge is 2.60. The number of rotatable bonds is 4. The van der Waals surface area contributed by atoms with Crippen molar-refractivity contribution in [2.24, 2.45) is 0 Å². The summed E-state index contributed by atoms with van der Waals surface area (Å²) in [6, 6.07) is 70.1. The molecular formula is C78H75BN4S2. The highest BCUT2D eigenvalue weighted by Crippen LogP contribution is 2.64. The van der Waals surface area contributed by atoms with Crippen molar-refractivity contribution in [3.63, 3.8) is 0 Å². The maximum Gasteiger partial charge on any atom is 0.252 e. The number of hydrogen-bond acceptors (Lipinski definition) is 6. The van der Waals surface area contributed by atoms with Gasteiger partial charge in [-0.1, -0.05) is 184 Å². The molecule has 2 fully saturated rings. The minimum atomic E-state index is -0.161. The van der Waals surface area contributed by atoms with Gasteiger partial charge in [0.1, 0.15) is 0 Å². The minimum absolute atomic E-state index is 0.0159. The van der Waals surface area contributed by atoms with Crippen LogP contribution in [0.4, 0.5) is 56.9 Å². The van der Waals surface area contributed by atoms with Gasteiger partial charge in [0.15, 0.2) is 0 Å². The summed E-state index contributed by atoms with van der Waals surface area (Å²) >= 11 is 3.86. The predicted octanol–water partition coefficient (Wildman–Crippen LogP) is 20.6. The summed E-state index contributed by atoms with van der Waals surface area (Å²) < 4.78 is 5.28. The number of thiophene rings is 2. The Kier molecular flexibility index (Phi) is 10.8. The number of hydrogen-bond donors (Lipinski definition) is 0. The van der Waals surface area contributed by atoms with E-state index < -0.39 is 0 Å². The Balaban J connectivity index is 1.01. The fourth-order valence-corrected chi connectivity index (χ4v) is 20.1. The largest absolute Gasteiger partial charge is 0.334 e. The van der Waals surface area contributed by atoms with Crippen LogP contribution in [0.3, 0.4) is 0 Å². The normalized spacial score (nSPS) is 23.1. The molecule has 7 heteroatoms. The van der Waals surface area contributed by atoms with Gasteiger partial charge in [-0.05, 0) is 162 Å². The second-order valence-electron chi connectivity index (χ2n) is 29.1. The van der Waals surface area contributed by atoms with Crippen LogP contribution in [-0.4, -0.2) is 17.8 Å². The Morgan fingerprint density at radius 2 is 0.918 bits per heavy atom. The van der Waals surface area contributed by atoms with Crippen LogP contribution < -0.4 is 36.0 Å². The summed E-state index contributed by atoms with van der Waals surface area (Å²) in [6.07, 6.45) is 9.56. The zero-order valence-corrected chi connectivity index (χ0v) is 52.7. The molecule has 6 aliphatic rings. The lowest BCUT2D eigenvalue weighted by Crippen LogP contribution is -2.62. The number of nitrogens with zero attached hydrogens (tertiary/aromatic N) is 4. The van der Waals surface area contributed by atoms with Crippen LogP contribution in [0, 0.1) is 0 Å².